The van der Waals surface area contributed by atoms with Crippen molar-refractivity contribution < 1.29 is 9.21 Å². The van der Waals surface area contributed by atoms with Crippen molar-refractivity contribution in [2.75, 3.05) is 11.1 Å². The van der Waals surface area contributed by atoms with Crippen molar-refractivity contribution in [2.24, 2.45) is 0 Å². The van der Waals surface area contributed by atoms with E-state index in [1.54, 1.807) is 30.3 Å². The second-order valence-corrected chi connectivity index (χ2v) is 9.82. The highest BCUT2D eigenvalue weighted by Crippen LogP contribution is 2.33. The SMILES string of the molecule is Cc1ccc(Cl)c(NC(=O)CSc2nnc(-c3nn(Cc4ccccc4)c(=O)c4ccccc34)o2)c1Cl. The third-order valence-corrected chi connectivity index (χ3v) is 7.15. The number of amides is 1. The number of hydrogen-bond acceptors (Lipinski definition) is 7. The number of hydrogen-bond donors (Lipinski definition) is 1. The summed E-state index contributed by atoms with van der Waals surface area (Å²) in [6.07, 6.45) is 0. The smallest absolute Gasteiger partial charge is 0.277 e. The van der Waals surface area contributed by atoms with Gasteiger partial charge in [-0.3, -0.25) is 9.59 Å². The Morgan fingerprint density at radius 1 is 1.00 bits per heavy atom. The number of carbonyl (C=O) groups excluding carboxylic acids is 1. The van der Waals surface area contributed by atoms with Gasteiger partial charge in [0.2, 0.25) is 5.91 Å². The van der Waals surface area contributed by atoms with E-state index in [0.29, 0.717) is 32.2 Å². The molecule has 0 saturated carbocycles. The molecular weight excluding hydrogens is 533 g/mol. The van der Waals surface area contributed by atoms with Crippen LogP contribution in [0.5, 0.6) is 0 Å². The van der Waals surface area contributed by atoms with Gasteiger partial charge in [0.1, 0.15) is 0 Å². The lowest BCUT2D eigenvalue weighted by Gasteiger charge is -2.10. The predicted octanol–water partition coefficient (Wildman–Crippen LogP) is 5.84. The summed E-state index contributed by atoms with van der Waals surface area (Å²) in [5.74, 6) is -0.200. The Labute approximate surface area is 225 Å². The van der Waals surface area contributed by atoms with Crippen molar-refractivity contribution in [1.82, 2.24) is 20.0 Å². The molecule has 2 aromatic heterocycles. The highest BCUT2D eigenvalue weighted by atomic mass is 35.5. The fraction of sp³-hybridized carbons (Fsp3) is 0.115. The maximum Gasteiger partial charge on any atom is 0.277 e. The maximum absolute atomic E-state index is 13.1. The van der Waals surface area contributed by atoms with E-state index in [9.17, 15) is 9.59 Å². The summed E-state index contributed by atoms with van der Waals surface area (Å²) >= 11 is 13.5. The van der Waals surface area contributed by atoms with E-state index in [1.165, 1.54) is 4.68 Å². The van der Waals surface area contributed by atoms with Crippen molar-refractivity contribution in [3.63, 3.8) is 0 Å². The van der Waals surface area contributed by atoms with Gasteiger partial charge in [0.05, 0.1) is 33.4 Å². The van der Waals surface area contributed by atoms with Crippen LogP contribution in [0, 0.1) is 6.92 Å². The molecule has 0 fully saturated rings. The number of fused-ring (bicyclic) bond motifs is 1. The number of benzene rings is 3. The van der Waals surface area contributed by atoms with Gasteiger partial charge in [-0.1, -0.05) is 89.6 Å². The molecule has 0 aliphatic carbocycles. The Balaban J connectivity index is 1.38. The quantitative estimate of drug-likeness (QED) is 0.253. The molecule has 186 valence electrons. The molecular formula is C26H19Cl2N5O3S. The van der Waals surface area contributed by atoms with E-state index in [4.69, 9.17) is 27.6 Å². The van der Waals surface area contributed by atoms with E-state index < -0.39 is 0 Å². The summed E-state index contributed by atoms with van der Waals surface area (Å²) in [7, 11) is 0. The van der Waals surface area contributed by atoms with Crippen molar-refractivity contribution in [3.8, 4) is 11.6 Å². The summed E-state index contributed by atoms with van der Waals surface area (Å²) in [6, 6.07) is 20.1. The Kier molecular flexibility index (Phi) is 7.27. The van der Waals surface area contributed by atoms with E-state index in [1.807, 2.05) is 43.3 Å². The normalized spacial score (nSPS) is 11.1. The van der Waals surface area contributed by atoms with Gasteiger partial charge in [0.25, 0.3) is 16.7 Å². The average Bonchev–Trinajstić information content (AvgIpc) is 3.39. The highest BCUT2D eigenvalue weighted by molar-refractivity contribution is 7.99. The second-order valence-electron chi connectivity index (χ2n) is 8.11. The maximum atomic E-state index is 13.1. The lowest BCUT2D eigenvalue weighted by atomic mass is 10.1. The number of carbonyl (C=O) groups is 1. The number of thioether (sulfide) groups is 1. The van der Waals surface area contributed by atoms with E-state index in [-0.39, 0.29) is 34.9 Å². The molecule has 3 aromatic carbocycles. The summed E-state index contributed by atoms with van der Waals surface area (Å²) in [4.78, 5) is 25.6. The van der Waals surface area contributed by atoms with Crippen molar-refractivity contribution >= 4 is 57.3 Å². The third-order valence-electron chi connectivity index (χ3n) is 5.53. The summed E-state index contributed by atoms with van der Waals surface area (Å²) in [5, 5.41) is 17.4. The number of rotatable bonds is 7. The molecule has 0 aliphatic heterocycles. The molecule has 5 rings (SSSR count). The zero-order valence-electron chi connectivity index (χ0n) is 19.4. The first-order chi connectivity index (χ1) is 17.9. The fourth-order valence-electron chi connectivity index (χ4n) is 3.69. The van der Waals surface area contributed by atoms with Crippen LogP contribution in [-0.2, 0) is 11.3 Å². The molecule has 8 nitrogen and oxygen atoms in total. The molecule has 0 saturated heterocycles. The van der Waals surface area contributed by atoms with Crippen LogP contribution in [0.4, 0.5) is 5.69 Å². The second kappa shape index (κ2) is 10.8. The Morgan fingerprint density at radius 2 is 1.73 bits per heavy atom. The van der Waals surface area contributed by atoms with E-state index in [2.05, 4.69) is 20.6 Å². The summed E-state index contributed by atoms with van der Waals surface area (Å²) in [5.41, 5.74) is 2.25. The van der Waals surface area contributed by atoms with Gasteiger partial charge in [0, 0.05) is 5.39 Å². The zero-order valence-corrected chi connectivity index (χ0v) is 21.8. The van der Waals surface area contributed by atoms with Crippen LogP contribution in [0.2, 0.25) is 10.0 Å². The lowest BCUT2D eigenvalue weighted by Crippen LogP contribution is -2.24. The number of halogens is 2. The first kappa shape index (κ1) is 25.0. The minimum atomic E-state index is -0.334. The molecule has 5 aromatic rings. The number of nitrogens with one attached hydrogen (secondary N) is 1. The Hall–Kier alpha value is -3.66. The molecule has 11 heteroatoms. The van der Waals surface area contributed by atoms with Gasteiger partial charge in [0.15, 0.2) is 5.69 Å². The topological polar surface area (TPSA) is 103 Å². The van der Waals surface area contributed by atoms with Crippen molar-refractivity contribution in [3.05, 3.63) is 98.3 Å². The Morgan fingerprint density at radius 3 is 2.51 bits per heavy atom. The van der Waals surface area contributed by atoms with Crippen LogP contribution in [-0.4, -0.2) is 31.6 Å². The van der Waals surface area contributed by atoms with Gasteiger partial charge >= 0.3 is 0 Å². The molecule has 0 radical (unpaired) electrons. The van der Waals surface area contributed by atoms with Crippen LogP contribution >= 0.6 is 35.0 Å². The largest absolute Gasteiger partial charge is 0.409 e. The van der Waals surface area contributed by atoms with Gasteiger partial charge < -0.3 is 9.73 Å². The lowest BCUT2D eigenvalue weighted by molar-refractivity contribution is -0.113. The van der Waals surface area contributed by atoms with Crippen LogP contribution in [0.3, 0.4) is 0 Å². The minimum Gasteiger partial charge on any atom is -0.409 e. The first-order valence-electron chi connectivity index (χ1n) is 11.2. The minimum absolute atomic E-state index is 0.0100. The fourth-order valence-corrected chi connectivity index (χ4v) is 4.72. The van der Waals surface area contributed by atoms with E-state index in [0.717, 1.165) is 22.9 Å². The number of aromatic nitrogens is 4. The van der Waals surface area contributed by atoms with Gasteiger partial charge in [-0.25, -0.2) is 4.68 Å². The standard InChI is InChI=1S/C26H19Cl2N5O3S/c1-15-11-12-19(27)23(21(15)28)29-20(34)14-37-26-31-30-24(36-26)22-17-9-5-6-10-18(17)25(35)33(32-22)13-16-7-3-2-4-8-16/h2-12H,13-14H2,1H3,(H,29,34). The van der Waals surface area contributed by atoms with Gasteiger partial charge in [-0.05, 0) is 30.2 Å². The molecule has 1 N–H and O–H groups in total. The molecule has 0 unspecified atom stereocenters. The van der Waals surface area contributed by atoms with Gasteiger partial charge in [-0.2, -0.15) is 5.10 Å². The zero-order chi connectivity index (χ0) is 25.9. The molecule has 0 aliphatic rings. The molecule has 0 bridgehead atoms. The molecule has 0 atom stereocenters. The number of anilines is 1. The van der Waals surface area contributed by atoms with Crippen LogP contribution < -0.4 is 10.9 Å². The van der Waals surface area contributed by atoms with Crippen molar-refractivity contribution in [1.29, 1.82) is 0 Å². The van der Waals surface area contributed by atoms with Crippen LogP contribution in [0.15, 0.2) is 81.2 Å². The summed E-state index contributed by atoms with van der Waals surface area (Å²) in [6.45, 7) is 2.11. The summed E-state index contributed by atoms with van der Waals surface area (Å²) < 4.78 is 7.20. The van der Waals surface area contributed by atoms with Crippen LogP contribution in [0.25, 0.3) is 22.4 Å². The molecule has 37 heavy (non-hydrogen) atoms. The third kappa shape index (κ3) is 5.39. The molecule has 2 heterocycles. The first-order valence-corrected chi connectivity index (χ1v) is 12.9. The average molecular weight is 552 g/mol. The predicted molar refractivity (Wildman–Crippen MR) is 145 cm³/mol. The number of nitrogens with zero attached hydrogens (tertiary/aromatic N) is 4. The Bertz CT molecular complexity index is 1670. The number of aryl methyl sites for hydroxylation is 1. The van der Waals surface area contributed by atoms with Crippen molar-refractivity contribution in [2.45, 2.75) is 18.7 Å². The van der Waals surface area contributed by atoms with E-state index >= 15 is 0 Å². The van der Waals surface area contributed by atoms with Gasteiger partial charge in [-0.15, -0.1) is 10.2 Å². The van der Waals surface area contributed by atoms with Crippen LogP contribution in [0.1, 0.15) is 11.1 Å². The molecule has 0 spiro atoms. The molecule has 1 amide bonds. The highest BCUT2D eigenvalue weighted by Gasteiger charge is 2.19. The monoisotopic (exact) mass is 551 g/mol.